The highest BCUT2D eigenvalue weighted by molar-refractivity contribution is 5.84. The van der Waals surface area contributed by atoms with E-state index in [9.17, 15) is 0 Å². The molecular formula is C19H20N2. The van der Waals surface area contributed by atoms with Crippen molar-refractivity contribution >= 4 is 16.5 Å². The number of hydrogen-bond acceptors (Lipinski definition) is 2. The normalized spacial score (nSPS) is 10.7. The van der Waals surface area contributed by atoms with Crippen molar-refractivity contribution in [1.29, 1.82) is 0 Å². The van der Waals surface area contributed by atoms with E-state index < -0.39 is 0 Å². The van der Waals surface area contributed by atoms with Crippen LogP contribution in [0.1, 0.15) is 24.6 Å². The van der Waals surface area contributed by atoms with Crippen LogP contribution in [-0.2, 0) is 6.42 Å². The van der Waals surface area contributed by atoms with Crippen LogP contribution in [0.4, 0.5) is 5.69 Å². The van der Waals surface area contributed by atoms with Crippen molar-refractivity contribution in [1.82, 2.24) is 4.98 Å². The largest absolute Gasteiger partial charge is 0.385 e. The van der Waals surface area contributed by atoms with Crippen molar-refractivity contribution in [2.24, 2.45) is 0 Å². The van der Waals surface area contributed by atoms with Gasteiger partial charge in [-0.1, -0.05) is 43.3 Å². The molecule has 0 saturated carbocycles. The van der Waals surface area contributed by atoms with Gasteiger partial charge in [-0.15, -0.1) is 0 Å². The van der Waals surface area contributed by atoms with E-state index in [0.29, 0.717) is 0 Å². The number of benzene rings is 2. The summed E-state index contributed by atoms with van der Waals surface area (Å²) in [7, 11) is 0. The highest BCUT2D eigenvalue weighted by atomic mass is 14.9. The maximum atomic E-state index is 4.56. The standard InChI is InChI=1S/C19H20N2/c1-2-12-20-17-9-7-15(8-10-17)14-19-18-6-4-3-5-16(18)11-13-21-19/h3-11,13,20H,2,12,14H2,1H3. The SMILES string of the molecule is CCCNc1ccc(Cc2nccc3ccccc23)cc1. The number of nitrogens with zero attached hydrogens (tertiary/aromatic N) is 1. The lowest BCUT2D eigenvalue weighted by molar-refractivity contribution is 0.979. The minimum atomic E-state index is 0.870. The van der Waals surface area contributed by atoms with Gasteiger partial charge in [-0.2, -0.15) is 0 Å². The van der Waals surface area contributed by atoms with Gasteiger partial charge in [0.15, 0.2) is 0 Å². The number of nitrogens with one attached hydrogen (secondary N) is 1. The van der Waals surface area contributed by atoms with Crippen molar-refractivity contribution in [3.8, 4) is 0 Å². The van der Waals surface area contributed by atoms with Crippen LogP contribution in [0.3, 0.4) is 0 Å². The summed E-state index contributed by atoms with van der Waals surface area (Å²) in [5.74, 6) is 0. The van der Waals surface area contributed by atoms with Crippen molar-refractivity contribution in [2.75, 3.05) is 11.9 Å². The number of rotatable bonds is 5. The molecule has 0 saturated heterocycles. The lowest BCUT2D eigenvalue weighted by Gasteiger charge is -2.08. The monoisotopic (exact) mass is 276 g/mol. The van der Waals surface area contributed by atoms with Crippen LogP contribution in [-0.4, -0.2) is 11.5 Å². The van der Waals surface area contributed by atoms with Crippen LogP contribution in [0.15, 0.2) is 60.8 Å². The van der Waals surface area contributed by atoms with Gasteiger partial charge in [0.1, 0.15) is 0 Å². The molecule has 3 aromatic rings. The summed E-state index contributed by atoms with van der Waals surface area (Å²) in [4.78, 5) is 4.56. The van der Waals surface area contributed by atoms with Crippen molar-refractivity contribution in [2.45, 2.75) is 19.8 Å². The molecule has 106 valence electrons. The molecule has 0 atom stereocenters. The Kier molecular flexibility index (Phi) is 4.15. The van der Waals surface area contributed by atoms with Crippen molar-refractivity contribution < 1.29 is 0 Å². The molecule has 1 N–H and O–H groups in total. The first-order valence-electron chi connectivity index (χ1n) is 7.52. The predicted octanol–water partition coefficient (Wildman–Crippen LogP) is 4.65. The first-order valence-corrected chi connectivity index (χ1v) is 7.52. The van der Waals surface area contributed by atoms with Crippen molar-refractivity contribution in [3.05, 3.63) is 72.1 Å². The number of pyridine rings is 1. The molecule has 0 aliphatic rings. The van der Waals surface area contributed by atoms with Gasteiger partial charge in [0, 0.05) is 30.2 Å². The second kappa shape index (κ2) is 6.40. The molecule has 0 radical (unpaired) electrons. The molecule has 0 unspecified atom stereocenters. The Labute approximate surface area is 125 Å². The summed E-state index contributed by atoms with van der Waals surface area (Å²) in [5, 5.41) is 5.90. The number of fused-ring (bicyclic) bond motifs is 1. The molecule has 0 aliphatic carbocycles. The van der Waals surface area contributed by atoms with Crippen LogP contribution >= 0.6 is 0 Å². The van der Waals surface area contributed by atoms with Gasteiger partial charge >= 0.3 is 0 Å². The van der Waals surface area contributed by atoms with E-state index in [2.05, 4.69) is 71.8 Å². The lowest BCUT2D eigenvalue weighted by Crippen LogP contribution is -1.99. The lowest BCUT2D eigenvalue weighted by atomic mass is 10.0. The maximum Gasteiger partial charge on any atom is 0.0525 e. The third-order valence-corrected chi connectivity index (χ3v) is 3.66. The second-order valence-electron chi connectivity index (χ2n) is 5.28. The summed E-state index contributed by atoms with van der Waals surface area (Å²) in [6.45, 7) is 3.19. The first-order chi connectivity index (χ1) is 10.4. The Morgan fingerprint density at radius 3 is 2.57 bits per heavy atom. The molecule has 3 rings (SSSR count). The van der Waals surface area contributed by atoms with E-state index in [1.165, 1.54) is 22.0 Å². The fourth-order valence-corrected chi connectivity index (χ4v) is 2.53. The Hall–Kier alpha value is -2.35. The van der Waals surface area contributed by atoms with Gasteiger partial charge < -0.3 is 5.32 Å². The summed E-state index contributed by atoms with van der Waals surface area (Å²) in [5.41, 5.74) is 3.62. The summed E-state index contributed by atoms with van der Waals surface area (Å²) < 4.78 is 0. The van der Waals surface area contributed by atoms with Crippen LogP contribution < -0.4 is 5.32 Å². The summed E-state index contributed by atoms with van der Waals surface area (Å²) in [6, 6.07) is 19.2. The van der Waals surface area contributed by atoms with Gasteiger partial charge in [0.2, 0.25) is 0 Å². The molecule has 21 heavy (non-hydrogen) atoms. The number of hydrogen-bond donors (Lipinski definition) is 1. The fourth-order valence-electron chi connectivity index (χ4n) is 2.53. The average Bonchev–Trinajstić information content (AvgIpc) is 2.55. The highest BCUT2D eigenvalue weighted by Crippen LogP contribution is 2.20. The Bertz CT molecular complexity index is 712. The minimum Gasteiger partial charge on any atom is -0.385 e. The topological polar surface area (TPSA) is 24.9 Å². The Balaban J connectivity index is 1.82. The van der Waals surface area contributed by atoms with E-state index in [0.717, 1.165) is 25.1 Å². The zero-order valence-corrected chi connectivity index (χ0v) is 12.3. The second-order valence-corrected chi connectivity index (χ2v) is 5.28. The van der Waals surface area contributed by atoms with Crippen molar-refractivity contribution in [3.63, 3.8) is 0 Å². The molecule has 0 spiro atoms. The zero-order valence-electron chi connectivity index (χ0n) is 12.3. The Morgan fingerprint density at radius 2 is 1.76 bits per heavy atom. The van der Waals surface area contributed by atoms with E-state index in [1.54, 1.807) is 0 Å². The smallest absolute Gasteiger partial charge is 0.0525 e. The Morgan fingerprint density at radius 1 is 0.952 bits per heavy atom. The number of anilines is 1. The van der Waals surface area contributed by atoms with Gasteiger partial charge in [-0.3, -0.25) is 4.98 Å². The molecule has 0 aliphatic heterocycles. The van der Waals surface area contributed by atoms with Gasteiger partial charge in [-0.05, 0) is 35.6 Å². The van der Waals surface area contributed by atoms with Gasteiger partial charge in [0.05, 0.1) is 5.69 Å². The van der Waals surface area contributed by atoms with Crippen LogP contribution in [0.2, 0.25) is 0 Å². The molecule has 2 nitrogen and oxygen atoms in total. The predicted molar refractivity (Wildman–Crippen MR) is 89.8 cm³/mol. The highest BCUT2D eigenvalue weighted by Gasteiger charge is 2.03. The van der Waals surface area contributed by atoms with Gasteiger partial charge in [-0.25, -0.2) is 0 Å². The van der Waals surface area contributed by atoms with Crippen LogP contribution in [0.25, 0.3) is 10.8 Å². The summed E-state index contributed by atoms with van der Waals surface area (Å²) >= 11 is 0. The molecular weight excluding hydrogens is 256 g/mol. The average molecular weight is 276 g/mol. The van der Waals surface area contributed by atoms with Crippen LogP contribution in [0, 0.1) is 0 Å². The molecule has 0 bridgehead atoms. The van der Waals surface area contributed by atoms with Crippen LogP contribution in [0.5, 0.6) is 0 Å². The molecule has 0 fully saturated rings. The van der Waals surface area contributed by atoms with Gasteiger partial charge in [0.25, 0.3) is 0 Å². The maximum absolute atomic E-state index is 4.56. The number of aromatic nitrogens is 1. The first kappa shape index (κ1) is 13.6. The quantitative estimate of drug-likeness (QED) is 0.734. The minimum absolute atomic E-state index is 0.870. The summed E-state index contributed by atoms with van der Waals surface area (Å²) in [6.07, 6.45) is 3.91. The zero-order chi connectivity index (χ0) is 14.5. The molecule has 2 aromatic carbocycles. The van der Waals surface area contributed by atoms with E-state index in [1.807, 2.05) is 6.20 Å². The molecule has 1 aromatic heterocycles. The van der Waals surface area contributed by atoms with E-state index in [-0.39, 0.29) is 0 Å². The molecule has 2 heteroatoms. The third kappa shape index (κ3) is 3.22. The third-order valence-electron chi connectivity index (χ3n) is 3.66. The molecule has 1 heterocycles. The van der Waals surface area contributed by atoms with E-state index in [4.69, 9.17) is 0 Å². The fraction of sp³-hybridized carbons (Fsp3) is 0.211. The molecule has 0 amide bonds. The van der Waals surface area contributed by atoms with E-state index >= 15 is 0 Å².